The van der Waals surface area contributed by atoms with Crippen LogP contribution in [0.4, 0.5) is 0 Å². The SMILES string of the molecule is C=CCN1CC[C@]23C4OC5=C(O)C=CC(C[C@@H]1[C@]2(O)CCC4=O)C53. The Hall–Kier alpha value is -1.59. The Morgan fingerprint density at radius 3 is 3.08 bits per heavy atom. The van der Waals surface area contributed by atoms with Crippen LogP contribution in [0.2, 0.25) is 0 Å². The molecular formula is C19H23NO4. The fourth-order valence-corrected chi connectivity index (χ4v) is 6.40. The van der Waals surface area contributed by atoms with E-state index in [1.165, 1.54) is 0 Å². The number of ketones is 1. The number of piperidine rings is 1. The number of carbonyl (C=O) groups excluding carboxylic acids is 1. The molecule has 5 aliphatic rings. The number of aliphatic hydroxyl groups excluding tert-OH is 1. The highest BCUT2D eigenvalue weighted by molar-refractivity contribution is 5.87. The summed E-state index contributed by atoms with van der Waals surface area (Å²) < 4.78 is 6.04. The number of nitrogens with zero attached hydrogens (tertiary/aromatic N) is 1. The largest absolute Gasteiger partial charge is 0.504 e. The van der Waals surface area contributed by atoms with Gasteiger partial charge < -0.3 is 14.9 Å². The zero-order chi connectivity index (χ0) is 16.7. The molecule has 2 N–H and O–H groups in total. The summed E-state index contributed by atoms with van der Waals surface area (Å²) in [6, 6.07) is 0.00828. The van der Waals surface area contributed by atoms with Gasteiger partial charge in [-0.15, -0.1) is 6.58 Å². The minimum Gasteiger partial charge on any atom is -0.504 e. The molecule has 5 nitrogen and oxygen atoms in total. The molecule has 2 saturated carbocycles. The molecule has 0 radical (unpaired) electrons. The lowest BCUT2D eigenvalue weighted by molar-refractivity contribution is -0.242. The lowest BCUT2D eigenvalue weighted by Gasteiger charge is -2.65. The van der Waals surface area contributed by atoms with Gasteiger partial charge in [0.05, 0.1) is 11.0 Å². The van der Waals surface area contributed by atoms with Crippen LogP contribution in [0.3, 0.4) is 0 Å². The Morgan fingerprint density at radius 2 is 2.29 bits per heavy atom. The standard InChI is InChI=1S/C19H23NO4/c1-2-8-20-9-7-18-15-11-3-4-12(21)16(15)24-17(18)13(22)5-6-19(18,23)14(20)10-11/h2-4,11,14-15,17,21,23H,1,5-10H2/t11?,14-,15?,17?,18+,19-/m1/s1. The van der Waals surface area contributed by atoms with Crippen molar-refractivity contribution in [3.63, 3.8) is 0 Å². The lowest BCUT2D eigenvalue weighted by Crippen LogP contribution is -2.76. The van der Waals surface area contributed by atoms with Crippen molar-refractivity contribution in [3.05, 3.63) is 36.3 Å². The van der Waals surface area contributed by atoms with E-state index in [0.717, 1.165) is 25.9 Å². The topological polar surface area (TPSA) is 70.0 Å². The minimum absolute atomic E-state index is 0.00828. The summed E-state index contributed by atoms with van der Waals surface area (Å²) in [6.07, 6.45) is 7.40. The molecule has 5 rings (SSSR count). The minimum atomic E-state index is -0.943. The van der Waals surface area contributed by atoms with Crippen LogP contribution in [0.25, 0.3) is 0 Å². The van der Waals surface area contributed by atoms with Gasteiger partial charge in [-0.05, 0) is 37.8 Å². The van der Waals surface area contributed by atoms with E-state index < -0.39 is 17.1 Å². The predicted molar refractivity (Wildman–Crippen MR) is 87.1 cm³/mol. The summed E-state index contributed by atoms with van der Waals surface area (Å²) in [5, 5.41) is 22.2. The summed E-state index contributed by atoms with van der Waals surface area (Å²) in [6.45, 7) is 5.43. The maximum Gasteiger partial charge on any atom is 0.174 e. The second-order valence-electron chi connectivity index (χ2n) is 7.96. The molecule has 3 aliphatic carbocycles. The second-order valence-corrected chi connectivity index (χ2v) is 7.96. The van der Waals surface area contributed by atoms with Crippen molar-refractivity contribution in [1.82, 2.24) is 4.90 Å². The van der Waals surface area contributed by atoms with Crippen molar-refractivity contribution in [2.45, 2.75) is 43.4 Å². The Bertz CT molecular complexity index is 697. The van der Waals surface area contributed by atoms with Crippen molar-refractivity contribution < 1.29 is 19.7 Å². The Balaban J connectivity index is 1.72. The average Bonchev–Trinajstić information content (AvgIpc) is 2.91. The van der Waals surface area contributed by atoms with Gasteiger partial charge in [0.2, 0.25) is 0 Å². The number of rotatable bonds is 2. The van der Waals surface area contributed by atoms with Crippen LogP contribution >= 0.6 is 0 Å². The van der Waals surface area contributed by atoms with E-state index in [1.54, 1.807) is 6.08 Å². The van der Waals surface area contributed by atoms with E-state index in [9.17, 15) is 15.0 Å². The first-order chi connectivity index (χ1) is 11.5. The van der Waals surface area contributed by atoms with Gasteiger partial charge in [0, 0.05) is 24.9 Å². The Labute approximate surface area is 141 Å². The number of carbonyl (C=O) groups is 1. The fourth-order valence-electron chi connectivity index (χ4n) is 6.40. The first-order valence-electron chi connectivity index (χ1n) is 8.91. The molecule has 2 aliphatic heterocycles. The highest BCUT2D eigenvalue weighted by atomic mass is 16.5. The van der Waals surface area contributed by atoms with Crippen LogP contribution in [0, 0.1) is 17.3 Å². The second kappa shape index (κ2) is 4.52. The van der Waals surface area contributed by atoms with Gasteiger partial charge in [0.15, 0.2) is 17.6 Å². The number of ether oxygens (including phenoxy) is 1. The molecular weight excluding hydrogens is 306 g/mol. The van der Waals surface area contributed by atoms with Crippen molar-refractivity contribution in [2.75, 3.05) is 13.1 Å². The quantitative estimate of drug-likeness (QED) is 0.755. The zero-order valence-electron chi connectivity index (χ0n) is 13.6. The van der Waals surface area contributed by atoms with E-state index in [0.29, 0.717) is 18.6 Å². The van der Waals surface area contributed by atoms with Crippen molar-refractivity contribution in [2.24, 2.45) is 17.3 Å². The Morgan fingerprint density at radius 1 is 1.46 bits per heavy atom. The van der Waals surface area contributed by atoms with Gasteiger partial charge >= 0.3 is 0 Å². The zero-order valence-corrected chi connectivity index (χ0v) is 13.6. The molecule has 5 heteroatoms. The number of allylic oxidation sites excluding steroid dienone is 3. The van der Waals surface area contributed by atoms with Crippen LogP contribution in [0.1, 0.15) is 25.7 Å². The molecule has 2 saturated heterocycles. The molecule has 24 heavy (non-hydrogen) atoms. The highest BCUT2D eigenvalue weighted by Crippen LogP contribution is 2.69. The maximum absolute atomic E-state index is 12.7. The van der Waals surface area contributed by atoms with Crippen molar-refractivity contribution in [1.29, 1.82) is 0 Å². The number of aliphatic hydroxyl groups is 2. The van der Waals surface area contributed by atoms with Crippen LogP contribution in [-0.4, -0.2) is 51.7 Å². The van der Waals surface area contributed by atoms with E-state index >= 15 is 0 Å². The average molecular weight is 329 g/mol. The number of Topliss-reactive ketones (excluding diaryl/α,β-unsaturated/α-hetero) is 1. The predicted octanol–water partition coefficient (Wildman–Crippen LogP) is 1.70. The molecule has 0 aromatic carbocycles. The molecule has 3 unspecified atom stereocenters. The molecule has 4 fully saturated rings. The van der Waals surface area contributed by atoms with Gasteiger partial charge in [-0.25, -0.2) is 0 Å². The molecule has 1 spiro atoms. The third kappa shape index (κ3) is 1.43. The molecule has 0 amide bonds. The van der Waals surface area contributed by atoms with Crippen LogP contribution in [0.5, 0.6) is 0 Å². The van der Waals surface area contributed by atoms with Gasteiger partial charge in [-0.2, -0.15) is 0 Å². The molecule has 2 heterocycles. The van der Waals surface area contributed by atoms with E-state index in [-0.39, 0.29) is 29.4 Å². The fraction of sp³-hybridized carbons (Fsp3) is 0.632. The first kappa shape index (κ1) is 14.7. The number of hydrogen-bond donors (Lipinski definition) is 2. The first-order valence-corrected chi connectivity index (χ1v) is 8.91. The molecule has 0 aromatic rings. The van der Waals surface area contributed by atoms with Crippen molar-refractivity contribution >= 4 is 5.78 Å². The highest BCUT2D eigenvalue weighted by Gasteiger charge is 2.76. The Kier molecular flexibility index (Phi) is 2.78. The smallest absolute Gasteiger partial charge is 0.174 e. The van der Waals surface area contributed by atoms with E-state index in [4.69, 9.17) is 4.74 Å². The molecule has 0 aromatic heterocycles. The van der Waals surface area contributed by atoms with Crippen LogP contribution < -0.4 is 0 Å². The van der Waals surface area contributed by atoms with Gasteiger partial charge in [-0.3, -0.25) is 9.69 Å². The summed E-state index contributed by atoms with van der Waals surface area (Å²) in [4.78, 5) is 15.0. The monoisotopic (exact) mass is 329 g/mol. The van der Waals surface area contributed by atoms with Gasteiger partial charge in [0.25, 0.3) is 0 Å². The van der Waals surface area contributed by atoms with E-state index in [1.807, 2.05) is 12.2 Å². The third-order valence-electron chi connectivity index (χ3n) is 7.25. The maximum atomic E-state index is 12.7. The van der Waals surface area contributed by atoms with Crippen molar-refractivity contribution in [3.8, 4) is 0 Å². The number of likely N-dealkylation sites (tertiary alicyclic amines) is 1. The molecule has 2 bridgehead atoms. The molecule has 128 valence electrons. The van der Waals surface area contributed by atoms with Crippen LogP contribution in [-0.2, 0) is 9.53 Å². The normalized spacial score (nSPS) is 49.0. The van der Waals surface area contributed by atoms with Gasteiger partial charge in [0.1, 0.15) is 5.76 Å². The summed E-state index contributed by atoms with van der Waals surface area (Å²) in [5.41, 5.74) is -1.54. The number of hydrogen-bond acceptors (Lipinski definition) is 5. The van der Waals surface area contributed by atoms with Gasteiger partial charge in [-0.1, -0.05) is 12.2 Å². The third-order valence-corrected chi connectivity index (χ3v) is 7.25. The lowest BCUT2D eigenvalue weighted by atomic mass is 9.44. The summed E-state index contributed by atoms with van der Waals surface area (Å²) in [5.74, 6) is 0.860. The molecule has 6 atom stereocenters. The summed E-state index contributed by atoms with van der Waals surface area (Å²) >= 11 is 0. The summed E-state index contributed by atoms with van der Waals surface area (Å²) in [7, 11) is 0. The van der Waals surface area contributed by atoms with Crippen LogP contribution in [0.15, 0.2) is 36.3 Å². The van der Waals surface area contributed by atoms with E-state index in [2.05, 4.69) is 11.5 Å².